The number of nitrogens with zero attached hydrogens (tertiary/aromatic N) is 2. The van der Waals surface area contributed by atoms with Gasteiger partial charge < -0.3 is 19.9 Å². The van der Waals surface area contributed by atoms with Crippen LogP contribution in [0.4, 0.5) is 10.1 Å². The van der Waals surface area contributed by atoms with E-state index >= 15 is 0 Å². The lowest BCUT2D eigenvalue weighted by atomic mass is 10.2. The minimum absolute atomic E-state index is 0.0123. The number of rotatable bonds is 8. The molecule has 0 aliphatic carbocycles. The van der Waals surface area contributed by atoms with E-state index in [0.717, 1.165) is 17.1 Å². The Hall–Kier alpha value is -3.94. The second-order valence-electron chi connectivity index (χ2n) is 7.31. The molecule has 0 spiro atoms. The molecule has 1 heterocycles. The molecule has 0 radical (unpaired) electrons. The smallest absolute Gasteiger partial charge is 0.338 e. The van der Waals surface area contributed by atoms with Crippen molar-refractivity contribution in [2.24, 2.45) is 5.73 Å². The average Bonchev–Trinajstić information content (AvgIpc) is 3.11. The number of hydrogen-bond acceptors (Lipinski definition) is 4. The zero-order valence-corrected chi connectivity index (χ0v) is 17.9. The lowest BCUT2D eigenvalue weighted by Crippen LogP contribution is -2.37. The molecular weight excluding hydrogens is 413 g/mol. The van der Waals surface area contributed by atoms with Gasteiger partial charge in [0.1, 0.15) is 5.82 Å². The summed E-state index contributed by atoms with van der Waals surface area (Å²) in [6, 6.07) is 16.1. The lowest BCUT2D eigenvalue weighted by Gasteiger charge is -2.22. The predicted molar refractivity (Wildman–Crippen MR) is 118 cm³/mol. The van der Waals surface area contributed by atoms with Crippen LogP contribution >= 0.6 is 0 Å². The Labute approximate surface area is 185 Å². The van der Waals surface area contributed by atoms with Crippen molar-refractivity contribution in [3.63, 3.8) is 0 Å². The zero-order valence-electron chi connectivity index (χ0n) is 17.9. The number of esters is 1. The molecule has 0 saturated carbocycles. The van der Waals surface area contributed by atoms with Crippen molar-refractivity contribution in [3.8, 4) is 5.69 Å². The highest BCUT2D eigenvalue weighted by molar-refractivity contribution is 5.97. The molecule has 2 aromatic carbocycles. The lowest BCUT2D eigenvalue weighted by molar-refractivity contribution is -0.121. The highest BCUT2D eigenvalue weighted by Gasteiger charge is 2.19. The summed E-state index contributed by atoms with van der Waals surface area (Å²) in [7, 11) is 0. The number of amides is 2. The van der Waals surface area contributed by atoms with Crippen LogP contribution in [0.5, 0.6) is 0 Å². The summed E-state index contributed by atoms with van der Waals surface area (Å²) in [5, 5.41) is 0. The van der Waals surface area contributed by atoms with E-state index in [1.807, 2.05) is 26.0 Å². The summed E-state index contributed by atoms with van der Waals surface area (Å²) >= 11 is 0. The first-order valence-electron chi connectivity index (χ1n) is 10.0. The van der Waals surface area contributed by atoms with Gasteiger partial charge in [0.2, 0.25) is 5.91 Å². The summed E-state index contributed by atoms with van der Waals surface area (Å²) in [5.74, 6) is -2.26. The van der Waals surface area contributed by atoms with Crippen LogP contribution in [-0.4, -0.2) is 35.5 Å². The molecule has 32 heavy (non-hydrogen) atoms. The molecule has 1 aromatic heterocycles. The van der Waals surface area contributed by atoms with Gasteiger partial charge in [-0.25, -0.2) is 9.18 Å². The maximum atomic E-state index is 13.2. The summed E-state index contributed by atoms with van der Waals surface area (Å²) in [6.07, 6.45) is -0.0866. The normalized spacial score (nSPS) is 10.6. The number of hydrogen-bond donors (Lipinski definition) is 1. The molecule has 3 rings (SSSR count). The summed E-state index contributed by atoms with van der Waals surface area (Å²) in [4.78, 5) is 37.5. The average molecular weight is 437 g/mol. The Morgan fingerprint density at radius 3 is 2.09 bits per heavy atom. The third-order valence-electron chi connectivity index (χ3n) is 4.98. The van der Waals surface area contributed by atoms with Gasteiger partial charge in [0.15, 0.2) is 6.61 Å². The second-order valence-corrected chi connectivity index (χ2v) is 7.31. The molecule has 0 unspecified atom stereocenters. The Morgan fingerprint density at radius 2 is 1.53 bits per heavy atom. The largest absolute Gasteiger partial charge is 0.452 e. The van der Waals surface area contributed by atoms with E-state index in [0.29, 0.717) is 11.3 Å². The van der Waals surface area contributed by atoms with Crippen LogP contribution in [0.25, 0.3) is 5.69 Å². The first kappa shape index (κ1) is 22.7. The maximum absolute atomic E-state index is 13.2. The first-order valence-corrected chi connectivity index (χ1v) is 10.0. The fourth-order valence-corrected chi connectivity index (χ4v) is 3.35. The van der Waals surface area contributed by atoms with Crippen LogP contribution in [0.3, 0.4) is 0 Å². The van der Waals surface area contributed by atoms with Gasteiger partial charge in [-0.1, -0.05) is 0 Å². The number of aromatic nitrogens is 1. The SMILES string of the molecule is Cc1ccc(C)n1-c1ccc(C(=O)OCC(=O)N(CCC(N)=O)c2ccc(F)cc2)cc1. The topological polar surface area (TPSA) is 94.6 Å². The van der Waals surface area contributed by atoms with Gasteiger partial charge in [-0.2, -0.15) is 0 Å². The summed E-state index contributed by atoms with van der Waals surface area (Å²) in [6.45, 7) is 3.44. The molecule has 0 aliphatic heterocycles. The van der Waals surface area contributed by atoms with Gasteiger partial charge in [-0.15, -0.1) is 0 Å². The fourth-order valence-electron chi connectivity index (χ4n) is 3.35. The first-order chi connectivity index (χ1) is 15.3. The van der Waals surface area contributed by atoms with E-state index in [1.165, 1.54) is 29.2 Å². The number of carbonyl (C=O) groups is 3. The number of benzene rings is 2. The van der Waals surface area contributed by atoms with E-state index < -0.39 is 30.2 Å². The number of primary amides is 1. The van der Waals surface area contributed by atoms with Crippen molar-refractivity contribution in [3.05, 3.63) is 83.4 Å². The molecule has 0 aliphatic rings. The third-order valence-corrected chi connectivity index (χ3v) is 4.98. The molecule has 166 valence electrons. The Balaban J connectivity index is 1.67. The molecular formula is C24H24FN3O4. The molecule has 2 N–H and O–H groups in total. The van der Waals surface area contributed by atoms with Crippen molar-refractivity contribution in [1.29, 1.82) is 0 Å². The minimum Gasteiger partial charge on any atom is -0.452 e. The number of carbonyl (C=O) groups excluding carboxylic acids is 3. The van der Waals surface area contributed by atoms with Crippen molar-refractivity contribution in [2.45, 2.75) is 20.3 Å². The molecule has 2 amide bonds. The number of anilines is 1. The Kier molecular flexibility index (Phi) is 7.04. The van der Waals surface area contributed by atoms with E-state index in [9.17, 15) is 18.8 Å². The minimum atomic E-state index is -0.653. The standard InChI is InChI=1S/C24H24FN3O4/c1-16-3-4-17(2)28(16)21-9-5-18(6-10-21)24(31)32-15-23(30)27(14-13-22(26)29)20-11-7-19(25)8-12-20/h3-12H,13-15H2,1-2H3,(H2,26,29). The monoisotopic (exact) mass is 437 g/mol. The van der Waals surface area contributed by atoms with E-state index in [-0.39, 0.29) is 13.0 Å². The van der Waals surface area contributed by atoms with Crippen molar-refractivity contribution in [1.82, 2.24) is 4.57 Å². The van der Waals surface area contributed by atoms with Crippen molar-refractivity contribution < 1.29 is 23.5 Å². The van der Waals surface area contributed by atoms with Gasteiger partial charge in [0.25, 0.3) is 5.91 Å². The van der Waals surface area contributed by atoms with Crippen LogP contribution in [0.1, 0.15) is 28.2 Å². The van der Waals surface area contributed by atoms with Crippen LogP contribution in [0, 0.1) is 19.7 Å². The Bertz CT molecular complexity index is 1100. The number of aryl methyl sites for hydroxylation is 2. The van der Waals surface area contributed by atoms with E-state index in [2.05, 4.69) is 4.57 Å². The molecule has 0 fully saturated rings. The van der Waals surface area contributed by atoms with Gasteiger partial charge in [-0.3, -0.25) is 9.59 Å². The molecule has 0 atom stereocenters. The van der Waals surface area contributed by atoms with Crippen LogP contribution in [0.2, 0.25) is 0 Å². The quantitative estimate of drug-likeness (QED) is 0.547. The molecule has 8 heteroatoms. The molecule has 0 saturated heterocycles. The second kappa shape index (κ2) is 9.91. The molecule has 7 nitrogen and oxygen atoms in total. The highest BCUT2D eigenvalue weighted by atomic mass is 19.1. The number of halogens is 1. The summed E-state index contributed by atoms with van der Waals surface area (Å²) in [5.41, 5.74) is 8.90. The Morgan fingerprint density at radius 1 is 0.938 bits per heavy atom. The van der Waals surface area contributed by atoms with Crippen LogP contribution in [0.15, 0.2) is 60.7 Å². The van der Waals surface area contributed by atoms with Gasteiger partial charge in [0, 0.05) is 35.7 Å². The zero-order chi connectivity index (χ0) is 23.3. The van der Waals surface area contributed by atoms with Crippen molar-refractivity contribution in [2.75, 3.05) is 18.1 Å². The van der Waals surface area contributed by atoms with Crippen LogP contribution < -0.4 is 10.6 Å². The summed E-state index contributed by atoms with van der Waals surface area (Å²) < 4.78 is 20.4. The van der Waals surface area contributed by atoms with Crippen molar-refractivity contribution >= 4 is 23.5 Å². The fraction of sp³-hybridized carbons (Fsp3) is 0.208. The van der Waals surface area contributed by atoms with E-state index in [4.69, 9.17) is 10.5 Å². The van der Waals surface area contributed by atoms with Gasteiger partial charge in [-0.05, 0) is 74.5 Å². The number of ether oxygens (including phenoxy) is 1. The van der Waals surface area contributed by atoms with Gasteiger partial charge >= 0.3 is 5.97 Å². The highest BCUT2D eigenvalue weighted by Crippen LogP contribution is 2.18. The predicted octanol–water partition coefficient (Wildman–Crippen LogP) is 3.30. The van der Waals surface area contributed by atoms with E-state index in [1.54, 1.807) is 24.3 Å². The van der Waals surface area contributed by atoms with Gasteiger partial charge in [0.05, 0.1) is 5.56 Å². The van der Waals surface area contributed by atoms with Crippen LogP contribution in [-0.2, 0) is 14.3 Å². The maximum Gasteiger partial charge on any atom is 0.338 e. The molecule has 3 aromatic rings. The third kappa shape index (κ3) is 5.40. The molecule has 0 bridgehead atoms. The number of nitrogens with two attached hydrogens (primary N) is 1.